The van der Waals surface area contributed by atoms with Gasteiger partial charge in [0.05, 0.1) is 19.1 Å². The monoisotopic (exact) mass is 327 g/mol. The van der Waals surface area contributed by atoms with Gasteiger partial charge in [-0.2, -0.15) is 0 Å². The lowest BCUT2D eigenvalue weighted by atomic mass is 10.2. The molecule has 23 heavy (non-hydrogen) atoms. The van der Waals surface area contributed by atoms with Gasteiger partial charge >= 0.3 is 0 Å². The van der Waals surface area contributed by atoms with E-state index in [1.54, 1.807) is 14.2 Å². The zero-order chi connectivity index (χ0) is 16.4. The molecule has 5 heteroatoms. The fraction of sp³-hybridized carbons (Fsp3) is 0.167. The van der Waals surface area contributed by atoms with Gasteiger partial charge in [-0.3, -0.25) is 4.79 Å². The molecule has 2 aromatic carbocycles. The summed E-state index contributed by atoms with van der Waals surface area (Å²) in [7, 11) is 3.20. The third-order valence-corrected chi connectivity index (χ3v) is 4.74. The van der Waals surface area contributed by atoms with E-state index in [0.29, 0.717) is 16.4 Å². The van der Waals surface area contributed by atoms with E-state index >= 15 is 0 Å². The molecule has 3 rings (SSSR count). The van der Waals surface area contributed by atoms with E-state index in [1.807, 2.05) is 49.4 Å². The maximum absolute atomic E-state index is 12.5. The fourth-order valence-electron chi connectivity index (χ4n) is 2.38. The Morgan fingerprint density at radius 2 is 1.74 bits per heavy atom. The molecule has 1 heterocycles. The molecular formula is C18H17NO3S. The van der Waals surface area contributed by atoms with Gasteiger partial charge in [-0.1, -0.05) is 18.2 Å². The third-order valence-electron chi connectivity index (χ3n) is 3.64. The molecule has 0 saturated heterocycles. The van der Waals surface area contributed by atoms with Gasteiger partial charge in [-0.05, 0) is 36.1 Å². The lowest BCUT2D eigenvalue weighted by Gasteiger charge is -2.06. The van der Waals surface area contributed by atoms with Crippen LogP contribution in [0.3, 0.4) is 0 Å². The lowest BCUT2D eigenvalue weighted by Crippen LogP contribution is -2.10. The molecule has 0 saturated carbocycles. The minimum absolute atomic E-state index is 0.113. The van der Waals surface area contributed by atoms with E-state index in [9.17, 15) is 4.79 Å². The smallest absolute Gasteiger partial charge is 0.265 e. The van der Waals surface area contributed by atoms with Crippen molar-refractivity contribution < 1.29 is 14.3 Å². The van der Waals surface area contributed by atoms with Gasteiger partial charge in [-0.15, -0.1) is 11.3 Å². The number of anilines is 1. The molecule has 4 nitrogen and oxygen atoms in total. The Hall–Kier alpha value is -2.53. The summed E-state index contributed by atoms with van der Waals surface area (Å²) in [5, 5.41) is 3.91. The number of para-hydroxylation sites is 1. The molecule has 1 aromatic heterocycles. The van der Waals surface area contributed by atoms with Crippen LogP contribution in [0.15, 0.2) is 42.5 Å². The summed E-state index contributed by atoms with van der Waals surface area (Å²) in [4.78, 5) is 13.1. The first kappa shape index (κ1) is 15.4. The van der Waals surface area contributed by atoms with E-state index in [0.717, 1.165) is 21.3 Å². The normalized spacial score (nSPS) is 10.6. The number of carbonyl (C=O) groups excluding carboxylic acids is 1. The van der Waals surface area contributed by atoms with Crippen LogP contribution in [-0.2, 0) is 0 Å². The summed E-state index contributed by atoms with van der Waals surface area (Å²) in [6.45, 7) is 1.97. The highest BCUT2D eigenvalue weighted by Gasteiger charge is 2.14. The number of benzene rings is 2. The van der Waals surface area contributed by atoms with Crippen LogP contribution < -0.4 is 14.8 Å². The van der Waals surface area contributed by atoms with Crippen molar-refractivity contribution in [2.45, 2.75) is 6.92 Å². The molecule has 1 amide bonds. The van der Waals surface area contributed by atoms with Crippen LogP contribution >= 0.6 is 11.3 Å². The van der Waals surface area contributed by atoms with Gasteiger partial charge in [0.15, 0.2) is 11.5 Å². The molecule has 118 valence electrons. The van der Waals surface area contributed by atoms with Crippen molar-refractivity contribution in [3.05, 3.63) is 52.9 Å². The molecule has 0 radical (unpaired) electrons. The molecule has 0 bridgehead atoms. The van der Waals surface area contributed by atoms with Crippen molar-refractivity contribution in [1.82, 2.24) is 0 Å². The molecule has 0 fully saturated rings. The molecule has 0 aliphatic carbocycles. The van der Waals surface area contributed by atoms with E-state index in [1.165, 1.54) is 11.3 Å². The minimum Gasteiger partial charge on any atom is -0.493 e. The molecule has 0 aliphatic heterocycles. The maximum atomic E-state index is 12.5. The highest BCUT2D eigenvalue weighted by molar-refractivity contribution is 7.20. The molecule has 1 N–H and O–H groups in total. The zero-order valence-electron chi connectivity index (χ0n) is 13.2. The summed E-state index contributed by atoms with van der Waals surface area (Å²) in [5.74, 6) is 1.20. The Kier molecular flexibility index (Phi) is 4.21. The highest BCUT2D eigenvalue weighted by Crippen LogP contribution is 2.36. The summed E-state index contributed by atoms with van der Waals surface area (Å²) in [5.41, 5.74) is 1.86. The number of methoxy groups -OCH3 is 2. The van der Waals surface area contributed by atoms with Crippen LogP contribution in [0, 0.1) is 6.92 Å². The summed E-state index contributed by atoms with van der Waals surface area (Å²) >= 11 is 1.43. The molecule has 3 aromatic rings. The van der Waals surface area contributed by atoms with Gasteiger partial charge in [-0.25, -0.2) is 0 Å². The van der Waals surface area contributed by atoms with Gasteiger partial charge in [0.25, 0.3) is 5.91 Å². The van der Waals surface area contributed by atoms with Crippen LogP contribution in [0.4, 0.5) is 5.69 Å². The van der Waals surface area contributed by atoms with Gasteiger partial charge in [0, 0.05) is 16.5 Å². The Balaban J connectivity index is 1.94. The number of fused-ring (bicyclic) bond motifs is 1. The van der Waals surface area contributed by atoms with Crippen LogP contribution in [0.2, 0.25) is 0 Å². The van der Waals surface area contributed by atoms with Gasteiger partial charge in [0.2, 0.25) is 0 Å². The molecule has 0 unspecified atom stereocenters. The Labute approximate surface area is 138 Å². The molecule has 0 atom stereocenters. The third kappa shape index (κ3) is 3.00. The predicted molar refractivity (Wildman–Crippen MR) is 94.1 cm³/mol. The maximum Gasteiger partial charge on any atom is 0.265 e. The number of aryl methyl sites for hydroxylation is 1. The molecule has 0 aliphatic rings. The number of rotatable bonds is 4. The van der Waals surface area contributed by atoms with E-state index < -0.39 is 0 Å². The topological polar surface area (TPSA) is 47.6 Å². The van der Waals surface area contributed by atoms with Crippen LogP contribution in [0.1, 0.15) is 15.2 Å². The second kappa shape index (κ2) is 6.30. The largest absolute Gasteiger partial charge is 0.493 e. The predicted octanol–water partition coefficient (Wildman–Crippen LogP) is 4.48. The van der Waals surface area contributed by atoms with Crippen molar-refractivity contribution in [3.8, 4) is 11.5 Å². The van der Waals surface area contributed by atoms with Crippen LogP contribution in [0.5, 0.6) is 11.5 Å². The number of ether oxygens (including phenoxy) is 2. The van der Waals surface area contributed by atoms with Gasteiger partial charge < -0.3 is 14.8 Å². The van der Waals surface area contributed by atoms with Crippen molar-refractivity contribution >= 4 is 33.0 Å². The number of amides is 1. The Bertz CT molecular complexity index is 829. The van der Waals surface area contributed by atoms with E-state index in [4.69, 9.17) is 9.47 Å². The highest BCUT2D eigenvalue weighted by atomic mass is 32.1. The van der Waals surface area contributed by atoms with Crippen LogP contribution in [0.25, 0.3) is 10.1 Å². The number of hydrogen-bond acceptors (Lipinski definition) is 4. The number of hydrogen-bond donors (Lipinski definition) is 1. The summed E-state index contributed by atoms with van der Waals surface area (Å²) < 4.78 is 11.6. The number of thiophene rings is 1. The Morgan fingerprint density at radius 1 is 1.04 bits per heavy atom. The Morgan fingerprint density at radius 3 is 2.43 bits per heavy atom. The standard InChI is InChI=1S/C18H17NO3S/c1-11-6-4-5-7-13(11)19-18(20)17-9-12-8-14(21-2)15(22-3)10-16(12)23-17/h4-10H,1-3H3,(H,19,20). The van der Waals surface area contributed by atoms with Crippen LogP contribution in [-0.4, -0.2) is 20.1 Å². The van der Waals surface area contributed by atoms with E-state index in [2.05, 4.69) is 5.32 Å². The fourth-order valence-corrected chi connectivity index (χ4v) is 3.34. The lowest BCUT2D eigenvalue weighted by molar-refractivity contribution is 0.103. The zero-order valence-corrected chi connectivity index (χ0v) is 14.0. The van der Waals surface area contributed by atoms with Crippen molar-refractivity contribution in [1.29, 1.82) is 0 Å². The van der Waals surface area contributed by atoms with Crippen molar-refractivity contribution in [2.75, 3.05) is 19.5 Å². The average Bonchev–Trinajstić information content (AvgIpc) is 2.98. The first-order chi connectivity index (χ1) is 11.1. The first-order valence-corrected chi connectivity index (χ1v) is 7.96. The molecular weight excluding hydrogens is 310 g/mol. The molecule has 0 spiro atoms. The second-order valence-electron chi connectivity index (χ2n) is 5.12. The summed E-state index contributed by atoms with van der Waals surface area (Å²) in [6.07, 6.45) is 0. The number of nitrogens with one attached hydrogen (secondary N) is 1. The van der Waals surface area contributed by atoms with Gasteiger partial charge in [0.1, 0.15) is 0 Å². The van der Waals surface area contributed by atoms with E-state index in [-0.39, 0.29) is 5.91 Å². The summed E-state index contributed by atoms with van der Waals surface area (Å²) in [6, 6.07) is 13.4. The quantitative estimate of drug-likeness (QED) is 0.768. The van der Waals surface area contributed by atoms with Crippen molar-refractivity contribution in [3.63, 3.8) is 0 Å². The van der Waals surface area contributed by atoms with Crippen molar-refractivity contribution in [2.24, 2.45) is 0 Å². The number of carbonyl (C=O) groups is 1. The second-order valence-corrected chi connectivity index (χ2v) is 6.21. The first-order valence-electron chi connectivity index (χ1n) is 7.15. The average molecular weight is 327 g/mol. The minimum atomic E-state index is -0.113. The SMILES string of the molecule is COc1cc2cc(C(=O)Nc3ccccc3C)sc2cc1OC.